The molecule has 4 heteroatoms. The van der Waals surface area contributed by atoms with E-state index in [0.29, 0.717) is 6.04 Å². The Kier molecular flexibility index (Phi) is 5.90. The summed E-state index contributed by atoms with van der Waals surface area (Å²) in [5.74, 6) is 0.844. The van der Waals surface area contributed by atoms with Gasteiger partial charge in [0.15, 0.2) is 0 Å². The van der Waals surface area contributed by atoms with E-state index in [2.05, 4.69) is 66.3 Å². The second-order valence-corrected chi connectivity index (χ2v) is 5.66. The molecule has 0 fully saturated rings. The van der Waals surface area contributed by atoms with Gasteiger partial charge in [-0.05, 0) is 38.6 Å². The number of nitrogens with one attached hydrogen (secondary N) is 1. The minimum absolute atomic E-state index is 0.344. The fraction of sp³-hybridized carbons (Fsp3) is 0.444. The van der Waals surface area contributed by atoms with Gasteiger partial charge < -0.3 is 10.2 Å². The molecule has 1 heterocycles. The zero-order valence-electron chi connectivity index (χ0n) is 14.0. The van der Waals surface area contributed by atoms with Gasteiger partial charge in [-0.1, -0.05) is 44.2 Å². The van der Waals surface area contributed by atoms with Crippen LogP contribution in [0.15, 0.2) is 36.4 Å². The summed E-state index contributed by atoms with van der Waals surface area (Å²) < 4.78 is 0. The van der Waals surface area contributed by atoms with Gasteiger partial charge in [0.1, 0.15) is 5.82 Å². The Morgan fingerprint density at radius 3 is 2.36 bits per heavy atom. The highest BCUT2D eigenvalue weighted by Gasteiger charge is 2.10. The monoisotopic (exact) mass is 298 g/mol. The van der Waals surface area contributed by atoms with Crippen molar-refractivity contribution in [3.05, 3.63) is 42.0 Å². The SMILES string of the molecule is CCN(CC)CC(C)Nc1cc(C)c(-c2ccccc2)nn1. The number of benzene rings is 1. The summed E-state index contributed by atoms with van der Waals surface area (Å²) in [6.45, 7) is 11.8. The van der Waals surface area contributed by atoms with Crippen molar-refractivity contribution in [2.75, 3.05) is 25.0 Å². The van der Waals surface area contributed by atoms with E-state index in [1.54, 1.807) is 0 Å². The van der Waals surface area contributed by atoms with E-state index < -0.39 is 0 Å². The lowest BCUT2D eigenvalue weighted by atomic mass is 10.1. The van der Waals surface area contributed by atoms with E-state index >= 15 is 0 Å². The first-order chi connectivity index (χ1) is 10.6. The third-order valence-electron chi connectivity index (χ3n) is 3.85. The normalized spacial score (nSPS) is 12.4. The summed E-state index contributed by atoms with van der Waals surface area (Å²) in [4.78, 5) is 2.40. The van der Waals surface area contributed by atoms with Gasteiger partial charge in [0.05, 0.1) is 5.69 Å². The summed E-state index contributed by atoms with van der Waals surface area (Å²) in [6, 6.07) is 12.6. The first-order valence-electron chi connectivity index (χ1n) is 8.02. The van der Waals surface area contributed by atoms with Crippen LogP contribution in [0.4, 0.5) is 5.82 Å². The lowest BCUT2D eigenvalue weighted by molar-refractivity contribution is 0.294. The summed E-state index contributed by atoms with van der Waals surface area (Å²) >= 11 is 0. The van der Waals surface area contributed by atoms with Crippen molar-refractivity contribution in [1.29, 1.82) is 0 Å². The Labute approximate surface area is 133 Å². The van der Waals surface area contributed by atoms with Crippen LogP contribution in [0, 0.1) is 6.92 Å². The fourth-order valence-electron chi connectivity index (χ4n) is 2.60. The van der Waals surface area contributed by atoms with E-state index in [1.807, 2.05) is 18.2 Å². The number of anilines is 1. The lowest BCUT2D eigenvalue weighted by Gasteiger charge is -2.23. The third kappa shape index (κ3) is 4.28. The molecule has 0 spiro atoms. The summed E-state index contributed by atoms with van der Waals surface area (Å²) in [7, 11) is 0. The van der Waals surface area contributed by atoms with Gasteiger partial charge in [-0.15, -0.1) is 10.2 Å². The maximum atomic E-state index is 4.39. The van der Waals surface area contributed by atoms with E-state index in [4.69, 9.17) is 0 Å². The molecule has 0 aliphatic carbocycles. The van der Waals surface area contributed by atoms with E-state index in [1.165, 1.54) is 0 Å². The summed E-state index contributed by atoms with van der Waals surface area (Å²) in [5.41, 5.74) is 3.19. The van der Waals surface area contributed by atoms with Crippen molar-refractivity contribution in [3.63, 3.8) is 0 Å². The third-order valence-corrected chi connectivity index (χ3v) is 3.85. The molecule has 1 N–H and O–H groups in total. The molecule has 118 valence electrons. The van der Waals surface area contributed by atoms with Crippen molar-refractivity contribution >= 4 is 5.82 Å². The maximum absolute atomic E-state index is 4.39. The second-order valence-electron chi connectivity index (χ2n) is 5.66. The molecule has 0 radical (unpaired) electrons. The topological polar surface area (TPSA) is 41.0 Å². The molecule has 0 saturated carbocycles. The van der Waals surface area contributed by atoms with Crippen LogP contribution in [0.25, 0.3) is 11.3 Å². The highest BCUT2D eigenvalue weighted by molar-refractivity contribution is 5.63. The Hall–Kier alpha value is -1.94. The van der Waals surface area contributed by atoms with Gasteiger partial charge in [0, 0.05) is 18.2 Å². The van der Waals surface area contributed by atoms with E-state index in [9.17, 15) is 0 Å². The van der Waals surface area contributed by atoms with Crippen molar-refractivity contribution in [1.82, 2.24) is 15.1 Å². The molecule has 1 unspecified atom stereocenters. The van der Waals surface area contributed by atoms with Gasteiger partial charge in [-0.3, -0.25) is 0 Å². The van der Waals surface area contributed by atoms with E-state index in [-0.39, 0.29) is 0 Å². The molecule has 0 aliphatic rings. The van der Waals surface area contributed by atoms with Crippen molar-refractivity contribution in [2.24, 2.45) is 0 Å². The van der Waals surface area contributed by atoms with Gasteiger partial charge in [-0.2, -0.15) is 0 Å². The Bertz CT molecular complexity index is 579. The molecule has 2 aromatic rings. The molecule has 1 atom stereocenters. The van der Waals surface area contributed by atoms with Crippen molar-refractivity contribution in [3.8, 4) is 11.3 Å². The number of aryl methyl sites for hydroxylation is 1. The molecule has 2 rings (SSSR count). The summed E-state index contributed by atoms with van der Waals surface area (Å²) in [6.07, 6.45) is 0. The van der Waals surface area contributed by atoms with Gasteiger partial charge >= 0.3 is 0 Å². The number of rotatable bonds is 7. The molecule has 0 aliphatic heterocycles. The van der Waals surface area contributed by atoms with E-state index in [0.717, 1.165) is 42.3 Å². The van der Waals surface area contributed by atoms with Crippen LogP contribution in [0.3, 0.4) is 0 Å². The largest absolute Gasteiger partial charge is 0.365 e. The first kappa shape index (κ1) is 16.4. The molecule has 1 aromatic carbocycles. The Morgan fingerprint density at radius 2 is 1.77 bits per heavy atom. The van der Waals surface area contributed by atoms with Gasteiger partial charge in [-0.25, -0.2) is 0 Å². The minimum Gasteiger partial charge on any atom is -0.365 e. The maximum Gasteiger partial charge on any atom is 0.149 e. The number of aromatic nitrogens is 2. The molecule has 22 heavy (non-hydrogen) atoms. The quantitative estimate of drug-likeness (QED) is 0.848. The lowest BCUT2D eigenvalue weighted by Crippen LogP contribution is -2.35. The van der Waals surface area contributed by atoms with Crippen LogP contribution in [0.5, 0.6) is 0 Å². The molecular formula is C18H26N4. The van der Waals surface area contributed by atoms with Crippen LogP contribution in [-0.4, -0.2) is 40.8 Å². The summed E-state index contributed by atoms with van der Waals surface area (Å²) in [5, 5.41) is 12.2. The number of hydrogen-bond donors (Lipinski definition) is 1. The number of likely N-dealkylation sites (N-methyl/N-ethyl adjacent to an activating group) is 1. The standard InChI is InChI=1S/C18H26N4/c1-5-22(6-2)13-15(4)19-17-12-14(3)18(21-20-17)16-10-8-7-9-11-16/h7-12,15H,5-6,13H2,1-4H3,(H,19,20). The average molecular weight is 298 g/mol. The fourth-order valence-corrected chi connectivity index (χ4v) is 2.60. The zero-order valence-corrected chi connectivity index (χ0v) is 14.0. The minimum atomic E-state index is 0.344. The smallest absolute Gasteiger partial charge is 0.149 e. The predicted molar refractivity (Wildman–Crippen MR) is 93.1 cm³/mol. The molecule has 0 saturated heterocycles. The molecular weight excluding hydrogens is 272 g/mol. The van der Waals surface area contributed by atoms with Crippen LogP contribution >= 0.6 is 0 Å². The van der Waals surface area contributed by atoms with Crippen molar-refractivity contribution in [2.45, 2.75) is 33.7 Å². The number of hydrogen-bond acceptors (Lipinski definition) is 4. The molecule has 0 bridgehead atoms. The highest BCUT2D eigenvalue weighted by Crippen LogP contribution is 2.21. The number of nitrogens with zero attached hydrogens (tertiary/aromatic N) is 3. The molecule has 1 aromatic heterocycles. The second kappa shape index (κ2) is 7.90. The zero-order chi connectivity index (χ0) is 15.9. The highest BCUT2D eigenvalue weighted by atomic mass is 15.2. The predicted octanol–water partition coefficient (Wildman–Crippen LogP) is 3.59. The molecule has 0 amide bonds. The van der Waals surface area contributed by atoms with Crippen LogP contribution in [0.2, 0.25) is 0 Å². The van der Waals surface area contributed by atoms with Crippen molar-refractivity contribution < 1.29 is 0 Å². The average Bonchev–Trinajstić information content (AvgIpc) is 2.53. The Morgan fingerprint density at radius 1 is 1.09 bits per heavy atom. The van der Waals surface area contributed by atoms with Crippen LogP contribution < -0.4 is 5.32 Å². The molecule has 4 nitrogen and oxygen atoms in total. The van der Waals surface area contributed by atoms with Crippen LogP contribution in [-0.2, 0) is 0 Å². The van der Waals surface area contributed by atoms with Crippen LogP contribution in [0.1, 0.15) is 26.3 Å². The first-order valence-corrected chi connectivity index (χ1v) is 8.02. The Balaban J connectivity index is 2.06. The van der Waals surface area contributed by atoms with Gasteiger partial charge in [0.2, 0.25) is 0 Å². The van der Waals surface area contributed by atoms with Gasteiger partial charge in [0.25, 0.3) is 0 Å².